The third-order valence-corrected chi connectivity index (χ3v) is 4.40. The van der Waals surface area contributed by atoms with Gasteiger partial charge in [-0.25, -0.2) is 4.98 Å². The molecular weight excluding hydrogens is 316 g/mol. The van der Waals surface area contributed by atoms with E-state index in [1.807, 2.05) is 48.5 Å². The summed E-state index contributed by atoms with van der Waals surface area (Å²) in [4.78, 5) is 17.4. The van der Waals surface area contributed by atoms with Crippen LogP contribution in [-0.4, -0.2) is 16.7 Å². The highest BCUT2D eigenvalue weighted by Crippen LogP contribution is 2.23. The molecule has 126 valence electrons. The van der Waals surface area contributed by atoms with E-state index in [0.29, 0.717) is 23.5 Å². The van der Waals surface area contributed by atoms with Crippen LogP contribution in [0.4, 0.5) is 0 Å². The number of ether oxygens (including phenoxy) is 1. The first kappa shape index (κ1) is 15.4. The van der Waals surface area contributed by atoms with E-state index in [1.165, 1.54) is 0 Å². The maximum absolute atomic E-state index is 12.9. The minimum absolute atomic E-state index is 0.0484. The third-order valence-electron chi connectivity index (χ3n) is 4.40. The number of fused-ring (bicyclic) bond motifs is 3. The average molecular weight is 334 g/mol. The van der Waals surface area contributed by atoms with Crippen LogP contribution in [0, 0.1) is 6.92 Å². The molecule has 0 amide bonds. The highest BCUT2D eigenvalue weighted by atomic mass is 16.5. The molecule has 0 N–H and O–H groups in total. The van der Waals surface area contributed by atoms with Gasteiger partial charge in [0.1, 0.15) is 11.3 Å². The summed E-state index contributed by atoms with van der Waals surface area (Å²) in [6.45, 7) is 2.33. The van der Waals surface area contributed by atoms with Gasteiger partial charge in [-0.1, -0.05) is 30.3 Å². The second kappa shape index (κ2) is 6.09. The van der Waals surface area contributed by atoms with Gasteiger partial charge in [-0.05, 0) is 30.2 Å². The molecule has 4 rings (SSSR count). The van der Waals surface area contributed by atoms with Crippen molar-refractivity contribution in [3.63, 3.8) is 0 Å². The van der Waals surface area contributed by atoms with Crippen molar-refractivity contribution in [3.05, 3.63) is 70.3 Å². The molecule has 5 heteroatoms. The lowest BCUT2D eigenvalue weighted by Gasteiger charge is -2.09. The Morgan fingerprint density at radius 1 is 1.08 bits per heavy atom. The molecule has 0 aliphatic rings. The number of hydrogen-bond acceptors (Lipinski definition) is 4. The summed E-state index contributed by atoms with van der Waals surface area (Å²) in [6, 6.07) is 15.4. The minimum atomic E-state index is -0.0484. The summed E-state index contributed by atoms with van der Waals surface area (Å²) in [7, 11) is 1.65. The van der Waals surface area contributed by atoms with E-state index in [9.17, 15) is 4.79 Å². The monoisotopic (exact) mass is 334 g/mol. The molecule has 2 heterocycles. The number of hydrogen-bond donors (Lipinski definition) is 0. The molecule has 0 atom stereocenters. The quantitative estimate of drug-likeness (QED) is 0.571. The lowest BCUT2D eigenvalue weighted by Crippen LogP contribution is -2.21. The molecule has 0 bridgehead atoms. The van der Waals surface area contributed by atoms with Crippen LogP contribution >= 0.6 is 0 Å². The van der Waals surface area contributed by atoms with E-state index in [4.69, 9.17) is 9.15 Å². The van der Waals surface area contributed by atoms with E-state index in [0.717, 1.165) is 28.6 Å². The van der Waals surface area contributed by atoms with Crippen molar-refractivity contribution < 1.29 is 9.15 Å². The Morgan fingerprint density at radius 3 is 2.52 bits per heavy atom. The number of aryl methyl sites for hydroxylation is 3. The van der Waals surface area contributed by atoms with Gasteiger partial charge in [0.15, 0.2) is 5.89 Å². The molecule has 0 aliphatic heterocycles. The molecule has 0 unspecified atom stereocenters. The normalized spacial score (nSPS) is 11.3. The largest absolute Gasteiger partial charge is 0.497 e. The van der Waals surface area contributed by atoms with Gasteiger partial charge in [0.25, 0.3) is 5.56 Å². The first-order chi connectivity index (χ1) is 12.2. The number of nitrogens with zero attached hydrogens (tertiary/aromatic N) is 2. The topological polar surface area (TPSA) is 57.3 Å². The summed E-state index contributed by atoms with van der Waals surface area (Å²) >= 11 is 0. The van der Waals surface area contributed by atoms with Crippen LogP contribution in [0.5, 0.6) is 5.75 Å². The molecule has 0 saturated carbocycles. The van der Waals surface area contributed by atoms with Gasteiger partial charge in [-0.15, -0.1) is 0 Å². The van der Waals surface area contributed by atoms with Gasteiger partial charge in [0, 0.05) is 24.2 Å². The lowest BCUT2D eigenvalue weighted by atomic mass is 10.1. The molecule has 2 aromatic heterocycles. The van der Waals surface area contributed by atoms with Crippen molar-refractivity contribution in [2.45, 2.75) is 19.9 Å². The zero-order valence-electron chi connectivity index (χ0n) is 14.2. The Hall–Kier alpha value is -3.08. The summed E-state index contributed by atoms with van der Waals surface area (Å²) in [6.07, 6.45) is 0.719. The van der Waals surface area contributed by atoms with Crippen LogP contribution < -0.4 is 10.3 Å². The summed E-state index contributed by atoms with van der Waals surface area (Å²) < 4.78 is 12.6. The fourth-order valence-corrected chi connectivity index (χ4v) is 3.12. The van der Waals surface area contributed by atoms with Crippen molar-refractivity contribution in [1.29, 1.82) is 0 Å². The van der Waals surface area contributed by atoms with E-state index in [1.54, 1.807) is 18.6 Å². The number of pyridine rings is 1. The lowest BCUT2D eigenvalue weighted by molar-refractivity contribution is 0.414. The standard InChI is InChI=1S/C20H18N2O3/c1-13-21-18-16-5-3-4-6-17(16)19(23)22(20(18)25-13)12-11-14-7-9-15(24-2)10-8-14/h3-10H,11-12H2,1-2H3. The van der Waals surface area contributed by atoms with Crippen molar-refractivity contribution in [2.75, 3.05) is 7.11 Å². The summed E-state index contributed by atoms with van der Waals surface area (Å²) in [5, 5.41) is 1.50. The van der Waals surface area contributed by atoms with Gasteiger partial charge in [-0.3, -0.25) is 9.36 Å². The highest BCUT2D eigenvalue weighted by molar-refractivity contribution is 6.01. The van der Waals surface area contributed by atoms with Crippen LogP contribution in [0.15, 0.2) is 57.7 Å². The second-order valence-electron chi connectivity index (χ2n) is 5.99. The Labute approximate surface area is 144 Å². The molecule has 0 saturated heterocycles. The number of methoxy groups -OCH3 is 1. The van der Waals surface area contributed by atoms with E-state index in [-0.39, 0.29) is 5.56 Å². The molecule has 4 aromatic rings. The Bertz CT molecular complexity index is 1110. The number of aromatic nitrogens is 2. The fourth-order valence-electron chi connectivity index (χ4n) is 3.12. The van der Waals surface area contributed by atoms with E-state index in [2.05, 4.69) is 4.98 Å². The maximum atomic E-state index is 12.9. The van der Waals surface area contributed by atoms with Crippen molar-refractivity contribution in [3.8, 4) is 5.75 Å². The predicted octanol–water partition coefficient (Wildman–Crippen LogP) is 3.70. The Balaban J connectivity index is 1.79. The first-order valence-corrected chi connectivity index (χ1v) is 8.19. The number of rotatable bonds is 4. The number of oxazole rings is 1. The van der Waals surface area contributed by atoms with E-state index < -0.39 is 0 Å². The molecule has 0 aliphatic carbocycles. The van der Waals surface area contributed by atoms with Crippen LogP contribution in [0.2, 0.25) is 0 Å². The molecule has 0 spiro atoms. The van der Waals surface area contributed by atoms with Crippen LogP contribution in [0.3, 0.4) is 0 Å². The van der Waals surface area contributed by atoms with Gasteiger partial charge < -0.3 is 9.15 Å². The van der Waals surface area contributed by atoms with Crippen LogP contribution in [-0.2, 0) is 13.0 Å². The SMILES string of the molecule is COc1ccc(CCn2c(=O)c3ccccc3c3nc(C)oc32)cc1. The summed E-state index contributed by atoms with van der Waals surface area (Å²) in [5.41, 5.74) is 2.36. The number of benzene rings is 2. The molecule has 5 nitrogen and oxygen atoms in total. The van der Waals surface area contributed by atoms with Gasteiger partial charge in [0.2, 0.25) is 5.71 Å². The molecular formula is C20H18N2O3. The van der Waals surface area contributed by atoms with Crippen molar-refractivity contribution >= 4 is 22.0 Å². The van der Waals surface area contributed by atoms with Gasteiger partial charge >= 0.3 is 0 Å². The Kier molecular flexibility index (Phi) is 3.76. The second-order valence-corrected chi connectivity index (χ2v) is 5.99. The summed E-state index contributed by atoms with van der Waals surface area (Å²) in [5.74, 6) is 1.38. The first-order valence-electron chi connectivity index (χ1n) is 8.19. The van der Waals surface area contributed by atoms with Crippen molar-refractivity contribution in [2.24, 2.45) is 0 Å². The predicted molar refractivity (Wildman–Crippen MR) is 97.2 cm³/mol. The molecule has 0 radical (unpaired) electrons. The van der Waals surface area contributed by atoms with Crippen molar-refractivity contribution in [1.82, 2.24) is 9.55 Å². The van der Waals surface area contributed by atoms with Gasteiger partial charge in [0.05, 0.1) is 7.11 Å². The minimum Gasteiger partial charge on any atom is -0.497 e. The molecule has 25 heavy (non-hydrogen) atoms. The zero-order valence-corrected chi connectivity index (χ0v) is 14.2. The third kappa shape index (κ3) is 2.67. The maximum Gasteiger partial charge on any atom is 0.261 e. The smallest absolute Gasteiger partial charge is 0.261 e. The molecule has 0 fully saturated rings. The van der Waals surface area contributed by atoms with Gasteiger partial charge in [-0.2, -0.15) is 0 Å². The Morgan fingerprint density at radius 2 is 1.80 bits per heavy atom. The molecule has 2 aromatic carbocycles. The fraction of sp³-hybridized carbons (Fsp3) is 0.200. The average Bonchev–Trinajstić information content (AvgIpc) is 3.04. The van der Waals surface area contributed by atoms with Crippen LogP contribution in [0.1, 0.15) is 11.5 Å². The van der Waals surface area contributed by atoms with Crippen LogP contribution in [0.25, 0.3) is 22.0 Å². The highest BCUT2D eigenvalue weighted by Gasteiger charge is 2.15. The van der Waals surface area contributed by atoms with E-state index >= 15 is 0 Å². The zero-order chi connectivity index (χ0) is 17.4.